The Morgan fingerprint density at radius 2 is 1.95 bits per heavy atom. The molecular formula is C15H23N5O2. The third kappa shape index (κ3) is 3.20. The van der Waals surface area contributed by atoms with Crippen LogP contribution in [0.2, 0.25) is 0 Å². The highest BCUT2D eigenvalue weighted by Gasteiger charge is 2.37. The first-order valence-electron chi connectivity index (χ1n) is 7.89. The van der Waals surface area contributed by atoms with Gasteiger partial charge >= 0.3 is 0 Å². The van der Waals surface area contributed by atoms with E-state index >= 15 is 0 Å². The van der Waals surface area contributed by atoms with Crippen LogP contribution >= 0.6 is 0 Å². The Hall–Kier alpha value is -1.73. The van der Waals surface area contributed by atoms with Gasteiger partial charge in [-0.05, 0) is 25.3 Å². The number of aliphatic hydroxyl groups is 1. The zero-order valence-corrected chi connectivity index (χ0v) is 12.6. The van der Waals surface area contributed by atoms with Crippen molar-refractivity contribution in [2.45, 2.75) is 31.4 Å². The summed E-state index contributed by atoms with van der Waals surface area (Å²) in [6.07, 6.45) is 4.89. The molecule has 2 aliphatic rings. The number of nitrogens with zero attached hydrogens (tertiary/aromatic N) is 4. The first-order chi connectivity index (χ1) is 10.6. The molecule has 3 N–H and O–H groups in total. The second-order valence-corrected chi connectivity index (χ2v) is 6.11. The average Bonchev–Trinajstić information content (AvgIpc) is 2.76. The topological polar surface area (TPSA) is 95.6 Å². The highest BCUT2D eigenvalue weighted by molar-refractivity contribution is 5.79. The van der Waals surface area contributed by atoms with Crippen LogP contribution in [0.4, 0.5) is 5.95 Å². The lowest BCUT2D eigenvalue weighted by Crippen LogP contribution is -2.39. The van der Waals surface area contributed by atoms with Gasteiger partial charge in [-0.3, -0.25) is 4.79 Å². The van der Waals surface area contributed by atoms with Crippen molar-refractivity contribution in [2.24, 2.45) is 11.7 Å². The van der Waals surface area contributed by atoms with E-state index < -0.39 is 6.10 Å². The Kier molecular flexibility index (Phi) is 4.54. The van der Waals surface area contributed by atoms with Crippen LogP contribution in [-0.4, -0.2) is 64.2 Å². The number of carbonyl (C=O) groups excluding carboxylic acids is 1. The van der Waals surface area contributed by atoms with Gasteiger partial charge in [0, 0.05) is 50.5 Å². The first-order valence-corrected chi connectivity index (χ1v) is 7.89. The SMILES string of the molecule is N[C@H]1C[C@H](C(=O)N2CCCN(c3ncccn3)CC2)C[C@@H]1O. The molecule has 0 radical (unpaired) electrons. The van der Waals surface area contributed by atoms with Crippen LogP contribution in [-0.2, 0) is 4.79 Å². The molecule has 0 aromatic carbocycles. The molecule has 0 spiro atoms. The minimum atomic E-state index is -0.546. The zero-order valence-electron chi connectivity index (χ0n) is 12.6. The molecule has 1 saturated carbocycles. The molecule has 2 fully saturated rings. The summed E-state index contributed by atoms with van der Waals surface area (Å²) in [5.41, 5.74) is 5.82. The van der Waals surface area contributed by atoms with Crippen molar-refractivity contribution in [2.75, 3.05) is 31.1 Å². The molecule has 1 aliphatic heterocycles. The van der Waals surface area contributed by atoms with E-state index in [1.165, 1.54) is 0 Å². The summed E-state index contributed by atoms with van der Waals surface area (Å²) in [7, 11) is 0. The number of carbonyl (C=O) groups is 1. The van der Waals surface area contributed by atoms with Crippen molar-refractivity contribution < 1.29 is 9.90 Å². The Morgan fingerprint density at radius 1 is 1.18 bits per heavy atom. The number of anilines is 1. The summed E-state index contributed by atoms with van der Waals surface area (Å²) in [5.74, 6) is 0.711. The predicted molar refractivity (Wildman–Crippen MR) is 82.1 cm³/mol. The van der Waals surface area contributed by atoms with Gasteiger partial charge in [0.25, 0.3) is 0 Å². The minimum Gasteiger partial charge on any atom is -0.391 e. The smallest absolute Gasteiger partial charge is 0.225 e. The molecule has 1 saturated heterocycles. The van der Waals surface area contributed by atoms with Crippen LogP contribution in [0, 0.1) is 5.92 Å². The number of rotatable bonds is 2. The van der Waals surface area contributed by atoms with Gasteiger partial charge in [0.05, 0.1) is 6.10 Å². The van der Waals surface area contributed by atoms with E-state index in [9.17, 15) is 9.90 Å². The second-order valence-electron chi connectivity index (χ2n) is 6.11. The van der Waals surface area contributed by atoms with Gasteiger partial charge in [0.2, 0.25) is 11.9 Å². The normalized spacial score (nSPS) is 29.5. The highest BCUT2D eigenvalue weighted by Crippen LogP contribution is 2.27. The molecule has 3 atom stereocenters. The molecule has 22 heavy (non-hydrogen) atoms. The molecule has 120 valence electrons. The standard InChI is InChI=1S/C15H23N5O2/c16-12-9-11(10-13(12)21)14(22)19-5-2-6-20(8-7-19)15-17-3-1-4-18-15/h1,3-4,11-13,21H,2,5-10,16H2/t11-,12-,13-/m0/s1. The van der Waals surface area contributed by atoms with Crippen molar-refractivity contribution in [3.63, 3.8) is 0 Å². The molecule has 7 heteroatoms. The fourth-order valence-electron chi connectivity index (χ4n) is 3.30. The lowest BCUT2D eigenvalue weighted by Gasteiger charge is -2.24. The molecular weight excluding hydrogens is 282 g/mol. The Morgan fingerprint density at radius 3 is 2.64 bits per heavy atom. The molecule has 3 rings (SSSR count). The van der Waals surface area contributed by atoms with Gasteiger partial charge in [0.1, 0.15) is 0 Å². The Balaban J connectivity index is 1.60. The second kappa shape index (κ2) is 6.58. The van der Waals surface area contributed by atoms with Crippen LogP contribution in [0.1, 0.15) is 19.3 Å². The average molecular weight is 305 g/mol. The van der Waals surface area contributed by atoms with Crippen molar-refractivity contribution in [3.05, 3.63) is 18.5 Å². The van der Waals surface area contributed by atoms with E-state index in [0.29, 0.717) is 19.4 Å². The molecule has 1 aliphatic carbocycles. The number of aromatic nitrogens is 2. The van der Waals surface area contributed by atoms with Crippen LogP contribution in [0.5, 0.6) is 0 Å². The van der Waals surface area contributed by atoms with Gasteiger partial charge in [-0.2, -0.15) is 0 Å². The Labute approximate surface area is 130 Å². The number of hydrogen-bond acceptors (Lipinski definition) is 6. The summed E-state index contributed by atoms with van der Waals surface area (Å²) in [6, 6.07) is 1.53. The van der Waals surface area contributed by atoms with E-state index in [4.69, 9.17) is 5.73 Å². The van der Waals surface area contributed by atoms with Gasteiger partial charge in [-0.25, -0.2) is 9.97 Å². The molecule has 7 nitrogen and oxygen atoms in total. The summed E-state index contributed by atoms with van der Waals surface area (Å²) in [4.78, 5) is 25.2. The Bertz CT molecular complexity index is 502. The van der Waals surface area contributed by atoms with Crippen molar-refractivity contribution >= 4 is 11.9 Å². The summed E-state index contributed by atoms with van der Waals surface area (Å²) >= 11 is 0. The van der Waals surface area contributed by atoms with E-state index in [2.05, 4.69) is 14.9 Å². The maximum absolute atomic E-state index is 12.6. The van der Waals surface area contributed by atoms with Gasteiger partial charge < -0.3 is 20.6 Å². The summed E-state index contributed by atoms with van der Waals surface area (Å²) < 4.78 is 0. The lowest BCUT2D eigenvalue weighted by atomic mass is 10.1. The summed E-state index contributed by atoms with van der Waals surface area (Å²) in [6.45, 7) is 2.99. The van der Waals surface area contributed by atoms with E-state index in [-0.39, 0.29) is 17.9 Å². The van der Waals surface area contributed by atoms with Crippen LogP contribution in [0.3, 0.4) is 0 Å². The quantitative estimate of drug-likeness (QED) is 0.773. The van der Waals surface area contributed by atoms with E-state index in [0.717, 1.165) is 32.0 Å². The monoisotopic (exact) mass is 305 g/mol. The van der Waals surface area contributed by atoms with Crippen molar-refractivity contribution in [3.8, 4) is 0 Å². The fourth-order valence-corrected chi connectivity index (χ4v) is 3.30. The number of nitrogens with two attached hydrogens (primary N) is 1. The summed E-state index contributed by atoms with van der Waals surface area (Å²) in [5, 5.41) is 9.74. The minimum absolute atomic E-state index is 0.128. The molecule has 0 bridgehead atoms. The zero-order chi connectivity index (χ0) is 15.5. The van der Waals surface area contributed by atoms with Gasteiger partial charge in [-0.15, -0.1) is 0 Å². The predicted octanol–water partition coefficient (Wildman–Crippen LogP) is -0.386. The lowest BCUT2D eigenvalue weighted by molar-refractivity contribution is -0.135. The number of amides is 1. The third-order valence-corrected chi connectivity index (χ3v) is 4.57. The van der Waals surface area contributed by atoms with Gasteiger partial charge in [0.15, 0.2) is 0 Å². The molecule has 2 heterocycles. The van der Waals surface area contributed by atoms with Crippen molar-refractivity contribution in [1.82, 2.24) is 14.9 Å². The van der Waals surface area contributed by atoms with E-state index in [1.807, 2.05) is 4.90 Å². The fraction of sp³-hybridized carbons (Fsp3) is 0.667. The van der Waals surface area contributed by atoms with E-state index in [1.54, 1.807) is 18.5 Å². The maximum Gasteiger partial charge on any atom is 0.225 e. The maximum atomic E-state index is 12.6. The molecule has 1 aromatic rings. The molecule has 1 aromatic heterocycles. The molecule has 1 amide bonds. The van der Waals surface area contributed by atoms with Crippen LogP contribution in [0.25, 0.3) is 0 Å². The largest absolute Gasteiger partial charge is 0.391 e. The van der Waals surface area contributed by atoms with Crippen molar-refractivity contribution in [1.29, 1.82) is 0 Å². The highest BCUT2D eigenvalue weighted by atomic mass is 16.3. The van der Waals surface area contributed by atoms with Gasteiger partial charge in [-0.1, -0.05) is 0 Å². The number of hydrogen-bond donors (Lipinski definition) is 2. The van der Waals surface area contributed by atoms with Crippen LogP contribution in [0.15, 0.2) is 18.5 Å². The number of aliphatic hydroxyl groups excluding tert-OH is 1. The molecule has 0 unspecified atom stereocenters. The first kappa shape index (κ1) is 15.2. The third-order valence-electron chi connectivity index (χ3n) is 4.57. The van der Waals surface area contributed by atoms with Crippen LogP contribution < -0.4 is 10.6 Å².